The van der Waals surface area contributed by atoms with Crippen molar-refractivity contribution < 1.29 is 4.79 Å². The number of benzene rings is 2. The SMILES string of the molecule is Cc1ccc(CN(C)CC(=O)NCc2ccc(Cl)cc2)cc1. The smallest absolute Gasteiger partial charge is 0.234 e. The number of halogens is 1. The van der Waals surface area contributed by atoms with Crippen molar-refractivity contribution in [2.75, 3.05) is 13.6 Å². The molecule has 0 spiro atoms. The summed E-state index contributed by atoms with van der Waals surface area (Å²) in [6, 6.07) is 15.8. The molecule has 0 heterocycles. The Balaban J connectivity index is 1.76. The van der Waals surface area contributed by atoms with Crippen LogP contribution in [0.2, 0.25) is 5.02 Å². The van der Waals surface area contributed by atoms with Crippen molar-refractivity contribution >= 4 is 17.5 Å². The molecular formula is C18H21ClN2O. The molecule has 0 atom stereocenters. The van der Waals surface area contributed by atoms with Crippen molar-refractivity contribution in [2.24, 2.45) is 0 Å². The number of aryl methyl sites for hydroxylation is 1. The molecule has 3 nitrogen and oxygen atoms in total. The molecule has 116 valence electrons. The first-order chi connectivity index (χ1) is 10.5. The highest BCUT2D eigenvalue weighted by atomic mass is 35.5. The molecule has 2 aromatic carbocycles. The van der Waals surface area contributed by atoms with Crippen molar-refractivity contribution in [3.8, 4) is 0 Å². The maximum atomic E-state index is 12.0. The second-order valence-corrected chi connectivity index (χ2v) is 6.00. The highest BCUT2D eigenvalue weighted by Gasteiger charge is 2.07. The molecule has 0 aliphatic carbocycles. The number of carbonyl (C=O) groups is 1. The van der Waals surface area contributed by atoms with Gasteiger partial charge in [0.2, 0.25) is 5.91 Å². The third-order valence-corrected chi connectivity index (χ3v) is 3.64. The van der Waals surface area contributed by atoms with E-state index >= 15 is 0 Å². The van der Waals surface area contributed by atoms with Crippen LogP contribution in [0.3, 0.4) is 0 Å². The summed E-state index contributed by atoms with van der Waals surface area (Å²) in [4.78, 5) is 14.0. The summed E-state index contributed by atoms with van der Waals surface area (Å²) in [7, 11) is 1.95. The van der Waals surface area contributed by atoms with Gasteiger partial charge in [0.25, 0.3) is 0 Å². The fourth-order valence-electron chi connectivity index (χ4n) is 2.17. The third kappa shape index (κ3) is 5.51. The molecule has 0 saturated heterocycles. The molecule has 0 aliphatic heterocycles. The largest absolute Gasteiger partial charge is 0.351 e. The van der Waals surface area contributed by atoms with Gasteiger partial charge in [0, 0.05) is 18.1 Å². The van der Waals surface area contributed by atoms with E-state index < -0.39 is 0 Å². The summed E-state index contributed by atoms with van der Waals surface area (Å²) >= 11 is 5.84. The summed E-state index contributed by atoms with van der Waals surface area (Å²) < 4.78 is 0. The molecule has 0 radical (unpaired) electrons. The van der Waals surface area contributed by atoms with E-state index in [9.17, 15) is 4.79 Å². The van der Waals surface area contributed by atoms with E-state index in [1.807, 2.05) is 36.2 Å². The van der Waals surface area contributed by atoms with Crippen LogP contribution in [-0.2, 0) is 17.9 Å². The average Bonchev–Trinajstić information content (AvgIpc) is 2.49. The van der Waals surface area contributed by atoms with Gasteiger partial charge in [-0.25, -0.2) is 0 Å². The zero-order chi connectivity index (χ0) is 15.9. The van der Waals surface area contributed by atoms with Crippen molar-refractivity contribution in [2.45, 2.75) is 20.0 Å². The molecular weight excluding hydrogens is 296 g/mol. The predicted octanol–water partition coefficient (Wildman–Crippen LogP) is 3.40. The maximum Gasteiger partial charge on any atom is 0.234 e. The number of amides is 1. The van der Waals surface area contributed by atoms with Crippen LogP contribution in [0, 0.1) is 6.92 Å². The standard InChI is InChI=1S/C18H21ClN2O/c1-14-3-5-16(6-4-14)12-21(2)13-18(22)20-11-15-7-9-17(19)10-8-15/h3-10H,11-13H2,1-2H3,(H,20,22). The van der Waals surface area contributed by atoms with Crippen LogP contribution in [0.5, 0.6) is 0 Å². The molecule has 0 aromatic heterocycles. The van der Waals surface area contributed by atoms with Crippen molar-refractivity contribution in [1.29, 1.82) is 0 Å². The summed E-state index contributed by atoms with van der Waals surface area (Å²) in [5.74, 6) is 0.0181. The molecule has 0 bridgehead atoms. The van der Waals surface area contributed by atoms with Crippen LogP contribution >= 0.6 is 11.6 Å². The van der Waals surface area contributed by atoms with Crippen LogP contribution in [0.15, 0.2) is 48.5 Å². The Kier molecular flexibility index (Phi) is 5.99. The van der Waals surface area contributed by atoms with E-state index in [0.29, 0.717) is 18.1 Å². The fraction of sp³-hybridized carbons (Fsp3) is 0.278. The molecule has 22 heavy (non-hydrogen) atoms. The number of rotatable bonds is 6. The Morgan fingerprint density at radius 2 is 1.64 bits per heavy atom. The highest BCUT2D eigenvalue weighted by Crippen LogP contribution is 2.09. The minimum atomic E-state index is 0.0181. The molecule has 2 aromatic rings. The Hall–Kier alpha value is -1.84. The van der Waals surface area contributed by atoms with Gasteiger partial charge in [-0.15, -0.1) is 0 Å². The second kappa shape index (κ2) is 7.97. The maximum absolute atomic E-state index is 12.0. The molecule has 2 rings (SSSR count). The van der Waals surface area contributed by atoms with Crippen LogP contribution in [-0.4, -0.2) is 24.4 Å². The Morgan fingerprint density at radius 1 is 1.05 bits per heavy atom. The second-order valence-electron chi connectivity index (χ2n) is 5.56. The van der Waals surface area contributed by atoms with E-state index in [1.165, 1.54) is 11.1 Å². The average molecular weight is 317 g/mol. The van der Waals surface area contributed by atoms with Gasteiger partial charge in [0.15, 0.2) is 0 Å². The van der Waals surface area contributed by atoms with E-state index in [4.69, 9.17) is 11.6 Å². The van der Waals surface area contributed by atoms with Crippen LogP contribution in [0.1, 0.15) is 16.7 Å². The topological polar surface area (TPSA) is 32.3 Å². The van der Waals surface area contributed by atoms with Crippen molar-refractivity contribution in [1.82, 2.24) is 10.2 Å². The van der Waals surface area contributed by atoms with Crippen LogP contribution in [0.25, 0.3) is 0 Å². The van der Waals surface area contributed by atoms with Gasteiger partial charge in [-0.1, -0.05) is 53.6 Å². The first-order valence-electron chi connectivity index (χ1n) is 7.28. The third-order valence-electron chi connectivity index (χ3n) is 3.39. The van der Waals surface area contributed by atoms with Gasteiger partial charge >= 0.3 is 0 Å². The summed E-state index contributed by atoms with van der Waals surface area (Å²) in [5, 5.41) is 3.62. The molecule has 0 saturated carbocycles. The number of carbonyl (C=O) groups excluding carboxylic acids is 1. The van der Waals surface area contributed by atoms with Gasteiger partial charge in [0.05, 0.1) is 6.54 Å². The zero-order valence-corrected chi connectivity index (χ0v) is 13.7. The highest BCUT2D eigenvalue weighted by molar-refractivity contribution is 6.30. The van der Waals surface area contributed by atoms with Gasteiger partial charge in [-0.2, -0.15) is 0 Å². The number of hydrogen-bond donors (Lipinski definition) is 1. The van der Waals surface area contributed by atoms with E-state index in [2.05, 4.69) is 36.5 Å². The quantitative estimate of drug-likeness (QED) is 0.886. The lowest BCUT2D eigenvalue weighted by Gasteiger charge is -2.16. The van der Waals surface area contributed by atoms with E-state index in [-0.39, 0.29) is 5.91 Å². The lowest BCUT2D eigenvalue weighted by molar-refractivity contribution is -0.122. The molecule has 0 fully saturated rings. The Bertz CT molecular complexity index is 608. The monoisotopic (exact) mass is 316 g/mol. The van der Waals surface area contributed by atoms with E-state index in [1.54, 1.807) is 0 Å². The van der Waals surface area contributed by atoms with Gasteiger partial charge in [-0.05, 0) is 37.2 Å². The van der Waals surface area contributed by atoms with Gasteiger partial charge in [0.1, 0.15) is 0 Å². The van der Waals surface area contributed by atoms with E-state index in [0.717, 1.165) is 12.1 Å². The van der Waals surface area contributed by atoms with Crippen molar-refractivity contribution in [3.63, 3.8) is 0 Å². The number of hydrogen-bond acceptors (Lipinski definition) is 2. The van der Waals surface area contributed by atoms with Crippen molar-refractivity contribution in [3.05, 3.63) is 70.2 Å². The summed E-state index contributed by atoms with van der Waals surface area (Å²) in [6.07, 6.45) is 0. The number of nitrogens with one attached hydrogen (secondary N) is 1. The fourth-order valence-corrected chi connectivity index (χ4v) is 2.29. The Labute approximate surface area is 136 Å². The molecule has 1 N–H and O–H groups in total. The summed E-state index contributed by atoms with van der Waals surface area (Å²) in [6.45, 7) is 3.72. The number of likely N-dealkylation sites (N-methyl/N-ethyl adjacent to an activating group) is 1. The minimum Gasteiger partial charge on any atom is -0.351 e. The van der Waals surface area contributed by atoms with Crippen LogP contribution < -0.4 is 5.32 Å². The summed E-state index contributed by atoms with van der Waals surface area (Å²) in [5.41, 5.74) is 3.49. The zero-order valence-electron chi connectivity index (χ0n) is 13.0. The van der Waals surface area contributed by atoms with Gasteiger partial charge in [-0.3, -0.25) is 9.69 Å². The minimum absolute atomic E-state index is 0.0181. The first kappa shape index (κ1) is 16.5. The Morgan fingerprint density at radius 3 is 2.27 bits per heavy atom. The van der Waals surface area contributed by atoms with Gasteiger partial charge < -0.3 is 5.32 Å². The lowest BCUT2D eigenvalue weighted by Crippen LogP contribution is -2.34. The lowest BCUT2D eigenvalue weighted by atomic mass is 10.1. The molecule has 1 amide bonds. The normalized spacial score (nSPS) is 10.7. The first-order valence-corrected chi connectivity index (χ1v) is 7.66. The van der Waals surface area contributed by atoms with Crippen LogP contribution in [0.4, 0.5) is 0 Å². The predicted molar refractivity (Wildman–Crippen MR) is 90.8 cm³/mol. The molecule has 0 aliphatic rings. The molecule has 4 heteroatoms. The molecule has 0 unspecified atom stereocenters. The number of nitrogens with zero attached hydrogens (tertiary/aromatic N) is 1.